The summed E-state index contributed by atoms with van der Waals surface area (Å²) in [5.74, 6) is 1.41. The van der Waals surface area contributed by atoms with E-state index in [1.807, 2.05) is 49.5 Å². The van der Waals surface area contributed by atoms with Crippen molar-refractivity contribution >= 4 is 28.9 Å². The second-order valence-electron chi connectivity index (χ2n) is 9.19. The second-order valence-corrected chi connectivity index (χ2v) is 9.19. The number of amides is 1. The highest BCUT2D eigenvalue weighted by Crippen LogP contribution is 2.33. The number of hydrogen-bond donors (Lipinski definition) is 2. The van der Waals surface area contributed by atoms with Crippen molar-refractivity contribution in [2.24, 2.45) is 22.0 Å². The fraction of sp³-hybridized carbons (Fsp3) is 0.360. The van der Waals surface area contributed by atoms with Crippen LogP contribution in [0.5, 0.6) is 0 Å². The third-order valence-electron chi connectivity index (χ3n) is 6.52. The molecule has 1 aromatic carbocycles. The molecule has 2 aliphatic carbocycles. The molecule has 3 heterocycles. The van der Waals surface area contributed by atoms with Crippen molar-refractivity contribution in [1.29, 1.82) is 0 Å². The summed E-state index contributed by atoms with van der Waals surface area (Å²) in [6.07, 6.45) is 7.23. The predicted octanol–water partition coefficient (Wildman–Crippen LogP) is 4.02. The van der Waals surface area contributed by atoms with E-state index in [1.54, 1.807) is 10.6 Å². The van der Waals surface area contributed by atoms with Crippen molar-refractivity contribution in [2.45, 2.75) is 38.8 Å². The van der Waals surface area contributed by atoms with Crippen molar-refractivity contribution in [3.8, 4) is 0 Å². The lowest BCUT2D eigenvalue weighted by Crippen LogP contribution is -2.32. The summed E-state index contributed by atoms with van der Waals surface area (Å²) in [6, 6.07) is 11.5. The molecule has 1 atom stereocenters. The van der Waals surface area contributed by atoms with Gasteiger partial charge < -0.3 is 15.0 Å². The SMILES string of the molecule is Cc1ccc(C2N=C(C3CC(=NOCC4CC4)C3)ON2)cc1NC(=O)c1cnc2ccccn12. The van der Waals surface area contributed by atoms with Gasteiger partial charge in [0.25, 0.3) is 5.91 Å². The Morgan fingerprint density at radius 2 is 2.18 bits per heavy atom. The van der Waals surface area contributed by atoms with Gasteiger partial charge in [-0.3, -0.25) is 9.20 Å². The van der Waals surface area contributed by atoms with Crippen LogP contribution in [0.2, 0.25) is 0 Å². The maximum atomic E-state index is 12.9. The lowest BCUT2D eigenvalue weighted by Gasteiger charge is -2.25. The number of imidazole rings is 1. The number of rotatable bonds is 7. The highest BCUT2D eigenvalue weighted by molar-refractivity contribution is 6.04. The number of aliphatic imine (C=N–C) groups is 1. The molecule has 9 heteroatoms. The first-order chi connectivity index (χ1) is 16.6. The Balaban J connectivity index is 1.12. The van der Waals surface area contributed by atoms with Crippen LogP contribution < -0.4 is 10.8 Å². The number of nitrogens with zero attached hydrogens (tertiary/aromatic N) is 4. The molecular weight excluding hydrogens is 432 g/mol. The summed E-state index contributed by atoms with van der Waals surface area (Å²) >= 11 is 0. The third-order valence-corrected chi connectivity index (χ3v) is 6.52. The zero-order valence-corrected chi connectivity index (χ0v) is 18.9. The van der Waals surface area contributed by atoms with Gasteiger partial charge in [0, 0.05) is 30.6 Å². The zero-order chi connectivity index (χ0) is 23.1. The number of hydrogen-bond acceptors (Lipinski definition) is 7. The average Bonchev–Trinajstić information content (AvgIpc) is 3.34. The van der Waals surface area contributed by atoms with E-state index in [0.29, 0.717) is 17.5 Å². The topological polar surface area (TPSA) is 102 Å². The van der Waals surface area contributed by atoms with Crippen LogP contribution in [0, 0.1) is 18.8 Å². The number of aromatic nitrogens is 2. The van der Waals surface area contributed by atoms with Crippen LogP contribution in [0.3, 0.4) is 0 Å². The number of carbonyl (C=O) groups excluding carboxylic acids is 1. The van der Waals surface area contributed by atoms with Crippen LogP contribution in [0.4, 0.5) is 5.69 Å². The van der Waals surface area contributed by atoms with E-state index in [4.69, 9.17) is 14.7 Å². The Morgan fingerprint density at radius 3 is 3.03 bits per heavy atom. The van der Waals surface area contributed by atoms with Gasteiger partial charge in [0.05, 0.1) is 11.9 Å². The molecular formula is C25H26N6O3. The second kappa shape index (κ2) is 8.57. The van der Waals surface area contributed by atoms with Gasteiger partial charge in [-0.25, -0.2) is 9.98 Å². The first kappa shape index (κ1) is 20.9. The Bertz CT molecular complexity index is 1300. The molecule has 0 spiro atoms. The van der Waals surface area contributed by atoms with Gasteiger partial charge in [-0.2, -0.15) is 0 Å². The molecule has 0 saturated heterocycles. The van der Waals surface area contributed by atoms with Crippen molar-refractivity contribution in [1.82, 2.24) is 14.9 Å². The molecule has 3 aliphatic rings. The van der Waals surface area contributed by atoms with E-state index in [0.717, 1.165) is 47.6 Å². The Morgan fingerprint density at radius 1 is 1.29 bits per heavy atom. The molecule has 1 unspecified atom stereocenters. The zero-order valence-electron chi connectivity index (χ0n) is 18.9. The van der Waals surface area contributed by atoms with Crippen LogP contribution in [0.1, 0.15) is 53.5 Å². The number of pyridine rings is 1. The van der Waals surface area contributed by atoms with E-state index in [-0.39, 0.29) is 18.0 Å². The number of carbonyl (C=O) groups is 1. The van der Waals surface area contributed by atoms with Gasteiger partial charge in [-0.05, 0) is 55.0 Å². The number of benzene rings is 1. The summed E-state index contributed by atoms with van der Waals surface area (Å²) in [4.78, 5) is 33.1. The van der Waals surface area contributed by atoms with E-state index in [1.165, 1.54) is 12.8 Å². The van der Waals surface area contributed by atoms with Crippen molar-refractivity contribution in [3.63, 3.8) is 0 Å². The molecule has 2 N–H and O–H groups in total. The van der Waals surface area contributed by atoms with E-state index >= 15 is 0 Å². The molecule has 2 fully saturated rings. The quantitative estimate of drug-likeness (QED) is 0.521. The van der Waals surface area contributed by atoms with Crippen molar-refractivity contribution in [2.75, 3.05) is 11.9 Å². The number of anilines is 1. The van der Waals surface area contributed by atoms with Crippen LogP contribution in [-0.4, -0.2) is 33.5 Å². The molecule has 2 aromatic heterocycles. The van der Waals surface area contributed by atoms with Crippen molar-refractivity contribution in [3.05, 3.63) is 65.6 Å². The van der Waals surface area contributed by atoms with Crippen LogP contribution >= 0.6 is 0 Å². The maximum Gasteiger partial charge on any atom is 0.274 e. The first-order valence-electron chi connectivity index (χ1n) is 11.7. The molecule has 2 saturated carbocycles. The highest BCUT2D eigenvalue weighted by Gasteiger charge is 2.36. The average molecular weight is 459 g/mol. The minimum absolute atomic E-state index is 0.219. The first-order valence-corrected chi connectivity index (χ1v) is 11.7. The van der Waals surface area contributed by atoms with E-state index in [2.05, 4.69) is 20.9 Å². The van der Waals surface area contributed by atoms with Gasteiger partial charge in [-0.1, -0.05) is 23.4 Å². The van der Waals surface area contributed by atoms with Gasteiger partial charge in [0.2, 0.25) is 5.90 Å². The number of oxime groups is 1. The van der Waals surface area contributed by atoms with Crippen LogP contribution in [0.15, 0.2) is 58.9 Å². The van der Waals surface area contributed by atoms with Gasteiger partial charge in [0.15, 0.2) is 6.17 Å². The summed E-state index contributed by atoms with van der Waals surface area (Å²) in [6.45, 7) is 2.69. The normalized spacial score (nSPS) is 21.6. The molecule has 3 aromatic rings. The molecule has 34 heavy (non-hydrogen) atoms. The Labute approximate surface area is 196 Å². The molecule has 1 aliphatic heterocycles. The number of hydroxylamine groups is 1. The molecule has 0 bridgehead atoms. The smallest absolute Gasteiger partial charge is 0.274 e. The number of fused-ring (bicyclic) bond motifs is 1. The highest BCUT2D eigenvalue weighted by atomic mass is 16.7. The van der Waals surface area contributed by atoms with E-state index < -0.39 is 0 Å². The molecule has 0 radical (unpaired) electrons. The number of nitrogens with one attached hydrogen (secondary N) is 2. The minimum atomic E-state index is -0.325. The molecule has 6 rings (SSSR count). The third kappa shape index (κ3) is 4.14. The van der Waals surface area contributed by atoms with Crippen LogP contribution in [0.25, 0.3) is 5.65 Å². The largest absolute Gasteiger partial charge is 0.396 e. The van der Waals surface area contributed by atoms with E-state index in [9.17, 15) is 4.79 Å². The summed E-state index contributed by atoms with van der Waals surface area (Å²) in [7, 11) is 0. The maximum absolute atomic E-state index is 12.9. The standard InChI is InChI=1S/C25H26N6O3/c1-15-5-8-17(12-20(15)27-24(32)21-13-26-22-4-2-3-9-31(21)22)23-28-25(34-30-23)18-10-19(11-18)29-33-14-16-6-7-16/h2-5,8-9,12-13,16,18,23,30H,6-7,10-11,14H2,1H3,(H,27,32). The monoisotopic (exact) mass is 458 g/mol. The van der Waals surface area contributed by atoms with Gasteiger partial charge in [0.1, 0.15) is 17.9 Å². The number of aryl methyl sites for hydroxylation is 1. The van der Waals surface area contributed by atoms with Gasteiger partial charge in [-0.15, -0.1) is 5.48 Å². The molecule has 9 nitrogen and oxygen atoms in total. The van der Waals surface area contributed by atoms with Crippen molar-refractivity contribution < 1.29 is 14.5 Å². The molecule has 1 amide bonds. The summed E-state index contributed by atoms with van der Waals surface area (Å²) in [5, 5.41) is 7.25. The predicted molar refractivity (Wildman–Crippen MR) is 128 cm³/mol. The lowest BCUT2D eigenvalue weighted by molar-refractivity contribution is 0.102. The van der Waals surface area contributed by atoms with Crippen LogP contribution in [-0.2, 0) is 9.68 Å². The molecule has 174 valence electrons. The fourth-order valence-electron chi connectivity index (χ4n) is 4.14. The lowest BCUT2D eigenvalue weighted by atomic mass is 9.83. The summed E-state index contributed by atoms with van der Waals surface area (Å²) < 4.78 is 1.77. The minimum Gasteiger partial charge on any atom is -0.396 e. The Kier molecular flexibility index (Phi) is 5.26. The fourth-order valence-corrected chi connectivity index (χ4v) is 4.14. The summed E-state index contributed by atoms with van der Waals surface area (Å²) in [5.41, 5.74) is 7.87. The van der Waals surface area contributed by atoms with Gasteiger partial charge >= 0.3 is 0 Å². The Hall–Kier alpha value is -3.72.